The minimum absolute atomic E-state index is 0.879. The summed E-state index contributed by atoms with van der Waals surface area (Å²) in [5, 5.41) is 0. The number of aryl methyl sites for hydroxylation is 1. The maximum atomic E-state index is 4.44. The number of nitrogens with zero attached hydrogens (tertiary/aromatic N) is 2. The van der Waals surface area contributed by atoms with Gasteiger partial charge in [-0.1, -0.05) is 0 Å². The lowest BCUT2D eigenvalue weighted by atomic mass is 10.2. The van der Waals surface area contributed by atoms with Crippen LogP contribution in [-0.2, 0) is 6.42 Å². The Labute approximate surface area is 72.4 Å². The molecule has 0 amide bonds. The van der Waals surface area contributed by atoms with E-state index in [9.17, 15) is 0 Å². The number of aliphatic imine (C=N–C) groups is 1. The number of fused-ring (bicyclic) bond motifs is 1. The molecule has 1 aromatic rings. The summed E-state index contributed by atoms with van der Waals surface area (Å²) in [6.07, 6.45) is 3.99. The Balaban J connectivity index is 2.43. The Kier molecular flexibility index (Phi) is 1.90. The number of aromatic nitrogens is 1. The van der Waals surface area contributed by atoms with Crippen LogP contribution in [0.15, 0.2) is 23.3 Å². The van der Waals surface area contributed by atoms with Gasteiger partial charge in [0.05, 0.1) is 0 Å². The van der Waals surface area contributed by atoms with Crippen LogP contribution in [0.5, 0.6) is 0 Å². The summed E-state index contributed by atoms with van der Waals surface area (Å²) in [4.78, 5) is 8.75. The van der Waals surface area contributed by atoms with Gasteiger partial charge in [-0.3, -0.25) is 9.98 Å². The van der Waals surface area contributed by atoms with Crippen LogP contribution in [0.1, 0.15) is 24.6 Å². The first-order valence-electron chi connectivity index (χ1n) is 4.39. The van der Waals surface area contributed by atoms with Gasteiger partial charge >= 0.3 is 0 Å². The van der Waals surface area contributed by atoms with Crippen molar-refractivity contribution < 1.29 is 0 Å². The fraction of sp³-hybridized carbons (Fsp3) is 0.400. The minimum Gasteiger partial charge on any atom is -0.289 e. The Morgan fingerprint density at radius 3 is 3.25 bits per heavy atom. The first kappa shape index (κ1) is 7.47. The second-order valence-electron chi connectivity index (χ2n) is 2.92. The Morgan fingerprint density at radius 1 is 1.50 bits per heavy atom. The van der Waals surface area contributed by atoms with Gasteiger partial charge < -0.3 is 0 Å². The molecule has 2 rings (SSSR count). The van der Waals surface area contributed by atoms with Crippen molar-refractivity contribution in [3.63, 3.8) is 0 Å². The van der Waals surface area contributed by atoms with Crippen LogP contribution in [0, 0.1) is 0 Å². The first-order chi connectivity index (χ1) is 5.92. The number of rotatable bonds is 1. The van der Waals surface area contributed by atoms with Crippen molar-refractivity contribution in [1.29, 1.82) is 0 Å². The maximum Gasteiger partial charge on any atom is 0.0497 e. The van der Waals surface area contributed by atoms with Crippen molar-refractivity contribution in [2.45, 2.75) is 19.8 Å². The highest BCUT2D eigenvalue weighted by atomic mass is 14.8. The van der Waals surface area contributed by atoms with Gasteiger partial charge in [-0.05, 0) is 31.9 Å². The van der Waals surface area contributed by atoms with Crippen molar-refractivity contribution in [3.05, 3.63) is 29.6 Å². The zero-order valence-electron chi connectivity index (χ0n) is 7.25. The van der Waals surface area contributed by atoms with Crippen molar-refractivity contribution >= 4 is 5.71 Å². The molecule has 0 unspecified atom stereocenters. The topological polar surface area (TPSA) is 25.2 Å². The van der Waals surface area contributed by atoms with Crippen molar-refractivity contribution in [2.75, 3.05) is 6.54 Å². The third-order valence-electron chi connectivity index (χ3n) is 2.15. The van der Waals surface area contributed by atoms with E-state index in [1.165, 1.54) is 17.0 Å². The predicted molar refractivity (Wildman–Crippen MR) is 49.6 cm³/mol. The summed E-state index contributed by atoms with van der Waals surface area (Å²) in [5.74, 6) is 0. The van der Waals surface area contributed by atoms with Gasteiger partial charge in [0, 0.05) is 29.7 Å². The van der Waals surface area contributed by atoms with Crippen LogP contribution in [0.2, 0.25) is 0 Å². The summed E-state index contributed by atoms with van der Waals surface area (Å²) in [5.41, 5.74) is 3.71. The van der Waals surface area contributed by atoms with Gasteiger partial charge in [0.1, 0.15) is 0 Å². The van der Waals surface area contributed by atoms with E-state index < -0.39 is 0 Å². The molecule has 1 aliphatic carbocycles. The van der Waals surface area contributed by atoms with Crippen molar-refractivity contribution in [1.82, 2.24) is 4.98 Å². The lowest BCUT2D eigenvalue weighted by molar-refractivity contribution is 1.01. The van der Waals surface area contributed by atoms with Gasteiger partial charge in [-0.25, -0.2) is 0 Å². The molecule has 2 heteroatoms. The Bertz CT molecular complexity index is 315. The van der Waals surface area contributed by atoms with Gasteiger partial charge in [0.15, 0.2) is 0 Å². The molecule has 1 aliphatic rings. The monoisotopic (exact) mass is 160 g/mol. The molecule has 12 heavy (non-hydrogen) atoms. The minimum atomic E-state index is 0.879. The number of hydrogen-bond acceptors (Lipinski definition) is 2. The molecule has 0 saturated carbocycles. The summed E-state index contributed by atoms with van der Waals surface area (Å²) >= 11 is 0. The van der Waals surface area contributed by atoms with E-state index in [0.717, 1.165) is 19.4 Å². The van der Waals surface area contributed by atoms with E-state index in [-0.39, 0.29) is 0 Å². The van der Waals surface area contributed by atoms with E-state index in [4.69, 9.17) is 0 Å². The van der Waals surface area contributed by atoms with E-state index in [0.29, 0.717) is 0 Å². The van der Waals surface area contributed by atoms with E-state index in [1.54, 1.807) is 0 Å². The highest BCUT2D eigenvalue weighted by molar-refractivity contribution is 6.03. The molecule has 1 aromatic heterocycles. The molecule has 0 radical (unpaired) electrons. The SMILES string of the molecule is CC/N=C1\CCc2ncccc21. The quantitative estimate of drug-likeness (QED) is 0.615. The summed E-state index contributed by atoms with van der Waals surface area (Å²) in [6, 6.07) is 4.10. The fourth-order valence-electron chi connectivity index (χ4n) is 1.63. The van der Waals surface area contributed by atoms with Crippen LogP contribution in [0.4, 0.5) is 0 Å². The predicted octanol–water partition coefficient (Wildman–Crippen LogP) is 1.84. The van der Waals surface area contributed by atoms with E-state index in [2.05, 4.69) is 23.0 Å². The third-order valence-corrected chi connectivity index (χ3v) is 2.15. The van der Waals surface area contributed by atoms with Gasteiger partial charge in [0.2, 0.25) is 0 Å². The second kappa shape index (κ2) is 3.05. The molecule has 2 nitrogen and oxygen atoms in total. The summed E-state index contributed by atoms with van der Waals surface area (Å²) in [6.45, 7) is 2.95. The van der Waals surface area contributed by atoms with Gasteiger partial charge in [-0.2, -0.15) is 0 Å². The normalized spacial score (nSPS) is 18.2. The molecular weight excluding hydrogens is 148 g/mol. The molecule has 62 valence electrons. The van der Waals surface area contributed by atoms with Crippen LogP contribution in [0.3, 0.4) is 0 Å². The Morgan fingerprint density at radius 2 is 2.42 bits per heavy atom. The fourth-order valence-corrected chi connectivity index (χ4v) is 1.63. The number of pyridine rings is 1. The van der Waals surface area contributed by atoms with Gasteiger partial charge in [0.25, 0.3) is 0 Å². The molecule has 0 atom stereocenters. The molecule has 0 N–H and O–H groups in total. The highest BCUT2D eigenvalue weighted by Gasteiger charge is 2.16. The maximum absolute atomic E-state index is 4.44. The van der Waals surface area contributed by atoms with Crippen LogP contribution >= 0.6 is 0 Å². The average Bonchev–Trinajstić information content (AvgIpc) is 2.50. The summed E-state index contributed by atoms with van der Waals surface area (Å²) < 4.78 is 0. The molecule has 0 spiro atoms. The second-order valence-corrected chi connectivity index (χ2v) is 2.92. The molecule has 0 aliphatic heterocycles. The smallest absolute Gasteiger partial charge is 0.0497 e. The molecule has 1 heterocycles. The lowest BCUT2D eigenvalue weighted by Gasteiger charge is -1.96. The molecule has 0 bridgehead atoms. The first-order valence-corrected chi connectivity index (χ1v) is 4.39. The number of hydrogen-bond donors (Lipinski definition) is 0. The van der Waals surface area contributed by atoms with Crippen molar-refractivity contribution in [2.24, 2.45) is 4.99 Å². The van der Waals surface area contributed by atoms with Crippen LogP contribution in [-0.4, -0.2) is 17.2 Å². The summed E-state index contributed by atoms with van der Waals surface area (Å²) in [7, 11) is 0. The van der Waals surface area contributed by atoms with E-state index in [1.807, 2.05) is 12.3 Å². The lowest BCUT2D eigenvalue weighted by Crippen LogP contribution is -1.95. The zero-order chi connectivity index (χ0) is 8.39. The van der Waals surface area contributed by atoms with E-state index >= 15 is 0 Å². The van der Waals surface area contributed by atoms with Crippen LogP contribution < -0.4 is 0 Å². The molecule has 0 fully saturated rings. The third kappa shape index (κ3) is 1.13. The highest BCUT2D eigenvalue weighted by Crippen LogP contribution is 2.19. The molecular formula is C10H12N2. The largest absolute Gasteiger partial charge is 0.289 e. The average molecular weight is 160 g/mol. The Hall–Kier alpha value is -1.18. The standard InChI is InChI=1S/C10H12N2/c1-2-11-9-5-6-10-8(9)4-3-7-12-10/h3-4,7H,2,5-6H2,1H3/b11-9+. The molecule has 0 saturated heterocycles. The molecule has 0 aromatic carbocycles. The zero-order valence-corrected chi connectivity index (χ0v) is 7.25. The van der Waals surface area contributed by atoms with Gasteiger partial charge in [-0.15, -0.1) is 0 Å². The van der Waals surface area contributed by atoms with Crippen molar-refractivity contribution in [3.8, 4) is 0 Å². The van der Waals surface area contributed by atoms with Crippen LogP contribution in [0.25, 0.3) is 0 Å².